The molecule has 2 heterocycles. The highest BCUT2D eigenvalue weighted by Gasteiger charge is 2.13. The fourth-order valence-electron chi connectivity index (χ4n) is 1.73. The van der Waals surface area contributed by atoms with Gasteiger partial charge in [-0.25, -0.2) is 9.97 Å². The molecule has 0 radical (unpaired) electrons. The molecule has 0 saturated heterocycles. The van der Waals surface area contributed by atoms with Crippen LogP contribution in [0.3, 0.4) is 0 Å². The lowest BCUT2D eigenvalue weighted by Crippen LogP contribution is -2.02. The van der Waals surface area contributed by atoms with Crippen LogP contribution in [0.2, 0.25) is 0 Å². The fourth-order valence-corrected chi connectivity index (χ4v) is 3.10. The topological polar surface area (TPSA) is 37.8 Å². The molecule has 0 aliphatic rings. The van der Waals surface area contributed by atoms with Gasteiger partial charge in [-0.15, -0.1) is 11.3 Å². The zero-order valence-corrected chi connectivity index (χ0v) is 13.2. The summed E-state index contributed by atoms with van der Waals surface area (Å²) in [7, 11) is 1.88. The van der Waals surface area contributed by atoms with Crippen molar-refractivity contribution in [2.45, 2.75) is 26.7 Å². The maximum atomic E-state index is 4.67. The second kappa shape index (κ2) is 5.80. The molecule has 0 aromatic carbocycles. The van der Waals surface area contributed by atoms with Crippen LogP contribution < -0.4 is 5.32 Å². The molecule has 5 heteroatoms. The lowest BCUT2D eigenvalue weighted by Gasteiger charge is -2.09. The zero-order valence-electron chi connectivity index (χ0n) is 10.7. The molecule has 0 atom stereocenters. The average Bonchev–Trinajstić information content (AvgIpc) is 2.79. The number of aryl methyl sites for hydroxylation is 2. The van der Waals surface area contributed by atoms with Crippen LogP contribution in [0.4, 0.5) is 5.82 Å². The summed E-state index contributed by atoms with van der Waals surface area (Å²) in [4.78, 5) is 11.6. The van der Waals surface area contributed by atoms with Gasteiger partial charge in [-0.3, -0.25) is 0 Å². The number of hydrogen-bond acceptors (Lipinski definition) is 4. The monoisotopic (exact) mass is 325 g/mol. The second-order valence-corrected chi connectivity index (χ2v) is 6.15. The SMILES string of the molecule is CCCc1nc(-c2ccc(C)s2)nc(NC)c1Br. The third-order valence-corrected chi connectivity index (χ3v) is 4.43. The molecule has 2 aromatic heterocycles. The summed E-state index contributed by atoms with van der Waals surface area (Å²) < 4.78 is 0.976. The number of halogens is 1. The molecule has 0 saturated carbocycles. The number of hydrogen-bond donors (Lipinski definition) is 1. The van der Waals surface area contributed by atoms with Gasteiger partial charge in [0.2, 0.25) is 0 Å². The second-order valence-electron chi connectivity index (χ2n) is 4.07. The Bertz CT molecular complexity index is 551. The van der Waals surface area contributed by atoms with Crippen molar-refractivity contribution in [3.63, 3.8) is 0 Å². The van der Waals surface area contributed by atoms with Gasteiger partial charge in [0, 0.05) is 11.9 Å². The average molecular weight is 326 g/mol. The van der Waals surface area contributed by atoms with E-state index in [1.165, 1.54) is 4.88 Å². The number of aromatic nitrogens is 2. The highest BCUT2D eigenvalue weighted by Crippen LogP contribution is 2.30. The Hall–Kier alpha value is -0.940. The van der Waals surface area contributed by atoms with E-state index in [9.17, 15) is 0 Å². The molecule has 2 aromatic rings. The van der Waals surface area contributed by atoms with Crippen molar-refractivity contribution in [1.29, 1.82) is 0 Å². The van der Waals surface area contributed by atoms with E-state index in [1.54, 1.807) is 11.3 Å². The van der Waals surface area contributed by atoms with Crippen molar-refractivity contribution >= 4 is 33.1 Å². The summed E-state index contributed by atoms with van der Waals surface area (Å²) in [5, 5.41) is 3.12. The van der Waals surface area contributed by atoms with E-state index < -0.39 is 0 Å². The van der Waals surface area contributed by atoms with E-state index in [4.69, 9.17) is 0 Å². The molecule has 3 nitrogen and oxygen atoms in total. The van der Waals surface area contributed by atoms with Crippen LogP contribution in [0.15, 0.2) is 16.6 Å². The van der Waals surface area contributed by atoms with E-state index in [1.807, 2.05) is 7.05 Å². The number of thiophene rings is 1. The lowest BCUT2D eigenvalue weighted by atomic mass is 10.2. The van der Waals surface area contributed by atoms with E-state index in [-0.39, 0.29) is 0 Å². The summed E-state index contributed by atoms with van der Waals surface area (Å²) in [6.07, 6.45) is 2.02. The first-order valence-electron chi connectivity index (χ1n) is 5.96. The van der Waals surface area contributed by atoms with Crippen LogP contribution in [0.1, 0.15) is 23.9 Å². The summed E-state index contributed by atoms with van der Waals surface area (Å²) in [6.45, 7) is 4.25. The van der Waals surface area contributed by atoms with Crippen molar-refractivity contribution in [1.82, 2.24) is 9.97 Å². The van der Waals surface area contributed by atoms with Gasteiger partial charge < -0.3 is 5.32 Å². The van der Waals surface area contributed by atoms with Gasteiger partial charge in [0.25, 0.3) is 0 Å². The largest absolute Gasteiger partial charge is 0.372 e. The van der Waals surface area contributed by atoms with Gasteiger partial charge in [-0.2, -0.15) is 0 Å². The Labute approximate surface area is 120 Å². The van der Waals surface area contributed by atoms with Crippen molar-refractivity contribution < 1.29 is 0 Å². The summed E-state index contributed by atoms with van der Waals surface area (Å²) in [6, 6.07) is 4.18. The number of rotatable bonds is 4. The van der Waals surface area contributed by atoms with Crippen molar-refractivity contribution in [2.24, 2.45) is 0 Å². The highest BCUT2D eigenvalue weighted by atomic mass is 79.9. The Balaban J connectivity index is 2.51. The third kappa shape index (κ3) is 2.72. The van der Waals surface area contributed by atoms with Crippen LogP contribution in [0, 0.1) is 6.92 Å². The highest BCUT2D eigenvalue weighted by molar-refractivity contribution is 9.10. The van der Waals surface area contributed by atoms with E-state index >= 15 is 0 Å². The molecule has 2 rings (SSSR count). The predicted molar refractivity (Wildman–Crippen MR) is 81.3 cm³/mol. The molecule has 0 unspecified atom stereocenters. The first-order chi connectivity index (χ1) is 8.65. The Morgan fingerprint density at radius 2 is 2.11 bits per heavy atom. The minimum absolute atomic E-state index is 0.809. The van der Waals surface area contributed by atoms with Gasteiger partial charge in [-0.05, 0) is 41.4 Å². The predicted octanol–water partition coefficient (Wildman–Crippen LogP) is 4.27. The number of anilines is 1. The minimum atomic E-state index is 0.809. The summed E-state index contributed by atoms with van der Waals surface area (Å²) in [5.41, 5.74) is 1.07. The van der Waals surface area contributed by atoms with Gasteiger partial charge in [-0.1, -0.05) is 13.3 Å². The first-order valence-corrected chi connectivity index (χ1v) is 7.57. The van der Waals surface area contributed by atoms with Gasteiger partial charge in [0.05, 0.1) is 15.0 Å². The maximum absolute atomic E-state index is 4.67. The fraction of sp³-hybridized carbons (Fsp3) is 0.385. The molecular weight excluding hydrogens is 310 g/mol. The molecule has 1 N–H and O–H groups in total. The molecule has 0 bridgehead atoms. The quantitative estimate of drug-likeness (QED) is 0.912. The lowest BCUT2D eigenvalue weighted by molar-refractivity contribution is 0.869. The molecule has 0 aliphatic heterocycles. The van der Waals surface area contributed by atoms with Crippen LogP contribution in [-0.4, -0.2) is 17.0 Å². The van der Waals surface area contributed by atoms with E-state index in [0.29, 0.717) is 0 Å². The zero-order chi connectivity index (χ0) is 13.1. The maximum Gasteiger partial charge on any atom is 0.171 e. The number of nitrogens with one attached hydrogen (secondary N) is 1. The van der Waals surface area contributed by atoms with Gasteiger partial charge in [0.1, 0.15) is 5.82 Å². The Morgan fingerprint density at radius 1 is 1.33 bits per heavy atom. The molecule has 0 fully saturated rings. The van der Waals surface area contributed by atoms with E-state index in [2.05, 4.69) is 57.2 Å². The molecule has 0 aliphatic carbocycles. The Kier molecular flexibility index (Phi) is 4.35. The van der Waals surface area contributed by atoms with Crippen LogP contribution in [0.5, 0.6) is 0 Å². The van der Waals surface area contributed by atoms with Crippen molar-refractivity contribution in [3.8, 4) is 10.7 Å². The molecule has 96 valence electrons. The first kappa shape index (κ1) is 13.5. The standard InChI is InChI=1S/C13H16BrN3S/c1-4-5-9-11(14)13(15-3)17-12(16-9)10-7-6-8(2)18-10/h6-7H,4-5H2,1-3H3,(H,15,16,17). The van der Waals surface area contributed by atoms with Gasteiger partial charge >= 0.3 is 0 Å². The molecule has 0 spiro atoms. The third-order valence-electron chi connectivity index (χ3n) is 2.60. The smallest absolute Gasteiger partial charge is 0.171 e. The van der Waals surface area contributed by atoms with Crippen LogP contribution >= 0.6 is 27.3 Å². The van der Waals surface area contributed by atoms with Gasteiger partial charge in [0.15, 0.2) is 5.82 Å². The summed E-state index contributed by atoms with van der Waals surface area (Å²) in [5.74, 6) is 1.67. The normalized spacial score (nSPS) is 10.7. The van der Waals surface area contributed by atoms with Crippen molar-refractivity contribution in [2.75, 3.05) is 12.4 Å². The molecule has 18 heavy (non-hydrogen) atoms. The van der Waals surface area contributed by atoms with Crippen molar-refractivity contribution in [3.05, 3.63) is 27.2 Å². The minimum Gasteiger partial charge on any atom is -0.372 e. The molecule has 0 amide bonds. The Morgan fingerprint density at radius 3 is 2.67 bits per heavy atom. The van der Waals surface area contributed by atoms with E-state index in [0.717, 1.165) is 39.5 Å². The van der Waals surface area contributed by atoms with Crippen LogP contribution in [0.25, 0.3) is 10.7 Å². The summed E-state index contributed by atoms with van der Waals surface area (Å²) >= 11 is 5.29. The van der Waals surface area contributed by atoms with Crippen LogP contribution in [-0.2, 0) is 6.42 Å². The number of nitrogens with zero attached hydrogens (tertiary/aromatic N) is 2. The molecular formula is C13H16BrN3S.